The van der Waals surface area contributed by atoms with E-state index in [1.807, 2.05) is 32.7 Å². The molecule has 0 aliphatic carbocycles. The van der Waals surface area contributed by atoms with Gasteiger partial charge in [0.2, 0.25) is 0 Å². The molecule has 0 saturated heterocycles. The zero-order chi connectivity index (χ0) is 7.49. The van der Waals surface area contributed by atoms with Crippen molar-refractivity contribution in [3.8, 4) is 6.07 Å². The van der Waals surface area contributed by atoms with E-state index < -0.39 is 0 Å². The molecule has 0 atom stereocenters. The second-order valence-electron chi connectivity index (χ2n) is 2.68. The van der Waals surface area contributed by atoms with Crippen LogP contribution < -0.4 is 0 Å². The highest BCUT2D eigenvalue weighted by Crippen LogP contribution is 2.08. The lowest BCUT2D eigenvalue weighted by Gasteiger charge is -2.27. The first-order valence-electron chi connectivity index (χ1n) is 3.17. The summed E-state index contributed by atoms with van der Waals surface area (Å²) in [6.45, 7) is 6.78. The summed E-state index contributed by atoms with van der Waals surface area (Å²) in [5.74, 6) is 0. The van der Waals surface area contributed by atoms with Crippen LogP contribution in [0.25, 0.3) is 0 Å². The molecule has 2 heteroatoms. The van der Waals surface area contributed by atoms with Crippen molar-refractivity contribution in [1.82, 2.24) is 4.90 Å². The predicted octanol–water partition coefficient (Wildman–Crippen LogP) is 1.24. The maximum atomic E-state index is 8.60. The lowest BCUT2D eigenvalue weighted by atomic mass is 10.1. The van der Waals surface area contributed by atoms with E-state index in [2.05, 4.69) is 6.07 Å². The average molecular weight is 126 g/mol. The molecule has 0 radical (unpaired) electrons. The molecule has 2 nitrogen and oxygen atoms in total. The van der Waals surface area contributed by atoms with Gasteiger partial charge in [0, 0.05) is 0 Å². The molecular weight excluding hydrogens is 112 g/mol. The molecule has 0 rings (SSSR count). The van der Waals surface area contributed by atoms with E-state index in [4.69, 9.17) is 5.26 Å². The second kappa shape index (κ2) is 2.84. The quantitative estimate of drug-likeness (QED) is 0.556. The maximum absolute atomic E-state index is 8.60. The first kappa shape index (κ1) is 8.45. The zero-order valence-corrected chi connectivity index (χ0v) is 6.60. The van der Waals surface area contributed by atoms with Gasteiger partial charge in [0.15, 0.2) is 0 Å². The third kappa shape index (κ3) is 2.03. The molecule has 0 amide bonds. The second-order valence-corrected chi connectivity index (χ2v) is 2.68. The van der Waals surface area contributed by atoms with Crippen LogP contribution in [0.4, 0.5) is 0 Å². The highest BCUT2D eigenvalue weighted by molar-refractivity contribution is 5.00. The zero-order valence-electron chi connectivity index (χ0n) is 6.60. The van der Waals surface area contributed by atoms with Gasteiger partial charge in [0.1, 0.15) is 5.54 Å². The molecule has 0 aliphatic heterocycles. The van der Waals surface area contributed by atoms with Crippen LogP contribution in [-0.2, 0) is 0 Å². The SMILES string of the molecule is CCN(C)C(C)(C)C#N. The Balaban J connectivity index is 4.01. The van der Waals surface area contributed by atoms with E-state index in [9.17, 15) is 0 Å². The molecule has 0 aromatic heterocycles. The molecule has 9 heavy (non-hydrogen) atoms. The monoisotopic (exact) mass is 126 g/mol. The third-order valence-electron chi connectivity index (χ3n) is 1.70. The van der Waals surface area contributed by atoms with Gasteiger partial charge in [-0.2, -0.15) is 5.26 Å². The molecular formula is C7H14N2. The summed E-state index contributed by atoms with van der Waals surface area (Å²) in [5, 5.41) is 8.60. The summed E-state index contributed by atoms with van der Waals surface area (Å²) < 4.78 is 0. The van der Waals surface area contributed by atoms with Crippen molar-refractivity contribution in [3.05, 3.63) is 0 Å². The van der Waals surface area contributed by atoms with Gasteiger partial charge in [0.25, 0.3) is 0 Å². The number of nitriles is 1. The van der Waals surface area contributed by atoms with Gasteiger partial charge in [-0.1, -0.05) is 6.92 Å². The number of nitrogens with zero attached hydrogens (tertiary/aromatic N) is 2. The molecule has 0 aliphatic rings. The van der Waals surface area contributed by atoms with Crippen LogP contribution >= 0.6 is 0 Å². The number of rotatable bonds is 2. The maximum Gasteiger partial charge on any atom is 0.103 e. The van der Waals surface area contributed by atoms with E-state index in [-0.39, 0.29) is 5.54 Å². The average Bonchev–Trinajstić information content (AvgIpc) is 1.86. The van der Waals surface area contributed by atoms with E-state index in [1.165, 1.54) is 0 Å². The molecule has 0 bridgehead atoms. The molecule has 0 N–H and O–H groups in total. The van der Waals surface area contributed by atoms with Crippen molar-refractivity contribution in [1.29, 1.82) is 5.26 Å². The van der Waals surface area contributed by atoms with Crippen molar-refractivity contribution < 1.29 is 0 Å². The molecule has 0 aromatic rings. The summed E-state index contributed by atoms with van der Waals surface area (Å²) in [7, 11) is 1.95. The lowest BCUT2D eigenvalue weighted by Crippen LogP contribution is -2.39. The topological polar surface area (TPSA) is 27.0 Å². The van der Waals surface area contributed by atoms with Gasteiger partial charge in [-0.3, -0.25) is 4.90 Å². The number of hydrogen-bond donors (Lipinski definition) is 0. The van der Waals surface area contributed by atoms with Crippen LogP contribution in [0.15, 0.2) is 0 Å². The van der Waals surface area contributed by atoms with Gasteiger partial charge >= 0.3 is 0 Å². The Morgan fingerprint density at radius 3 is 2.11 bits per heavy atom. The third-order valence-corrected chi connectivity index (χ3v) is 1.70. The largest absolute Gasteiger partial charge is 0.289 e. The summed E-state index contributed by atoms with van der Waals surface area (Å²) in [6.07, 6.45) is 0. The van der Waals surface area contributed by atoms with Gasteiger partial charge in [0.05, 0.1) is 6.07 Å². The minimum absolute atomic E-state index is 0.311. The highest BCUT2D eigenvalue weighted by Gasteiger charge is 2.20. The molecule has 0 heterocycles. The van der Waals surface area contributed by atoms with Crippen LogP contribution in [0.5, 0.6) is 0 Å². The van der Waals surface area contributed by atoms with Gasteiger partial charge in [-0.15, -0.1) is 0 Å². The standard InChI is InChI=1S/C7H14N2/c1-5-9(4)7(2,3)6-8/h5H2,1-4H3. The van der Waals surface area contributed by atoms with Crippen LogP contribution in [0.2, 0.25) is 0 Å². The van der Waals surface area contributed by atoms with E-state index >= 15 is 0 Å². The van der Waals surface area contributed by atoms with Crippen molar-refractivity contribution in [2.45, 2.75) is 26.3 Å². The first-order valence-corrected chi connectivity index (χ1v) is 3.17. The van der Waals surface area contributed by atoms with E-state index in [0.717, 1.165) is 6.54 Å². The fourth-order valence-corrected chi connectivity index (χ4v) is 0.481. The smallest absolute Gasteiger partial charge is 0.103 e. The first-order chi connectivity index (χ1) is 4.04. The van der Waals surface area contributed by atoms with Crippen LogP contribution in [-0.4, -0.2) is 24.0 Å². The molecule has 0 unspecified atom stereocenters. The van der Waals surface area contributed by atoms with Crippen molar-refractivity contribution >= 4 is 0 Å². The molecule has 52 valence electrons. The fraction of sp³-hybridized carbons (Fsp3) is 0.857. The Morgan fingerprint density at radius 1 is 1.56 bits per heavy atom. The molecule has 0 fully saturated rings. The minimum Gasteiger partial charge on any atom is -0.289 e. The fourth-order valence-electron chi connectivity index (χ4n) is 0.481. The predicted molar refractivity (Wildman–Crippen MR) is 38.0 cm³/mol. The van der Waals surface area contributed by atoms with E-state index in [1.54, 1.807) is 0 Å². The van der Waals surface area contributed by atoms with E-state index in [0.29, 0.717) is 0 Å². The van der Waals surface area contributed by atoms with Crippen LogP contribution in [0.3, 0.4) is 0 Å². The summed E-state index contributed by atoms with van der Waals surface area (Å²) in [4.78, 5) is 2.01. The van der Waals surface area contributed by atoms with Crippen molar-refractivity contribution in [3.63, 3.8) is 0 Å². The summed E-state index contributed by atoms with van der Waals surface area (Å²) in [5.41, 5.74) is -0.311. The Morgan fingerprint density at radius 2 is 2.00 bits per heavy atom. The van der Waals surface area contributed by atoms with Crippen LogP contribution in [0.1, 0.15) is 20.8 Å². The van der Waals surface area contributed by atoms with Crippen molar-refractivity contribution in [2.75, 3.05) is 13.6 Å². The van der Waals surface area contributed by atoms with Gasteiger partial charge in [-0.05, 0) is 27.4 Å². The Kier molecular flexibility index (Phi) is 2.66. The summed E-state index contributed by atoms with van der Waals surface area (Å²) >= 11 is 0. The van der Waals surface area contributed by atoms with Gasteiger partial charge < -0.3 is 0 Å². The molecule has 0 spiro atoms. The number of hydrogen-bond acceptors (Lipinski definition) is 2. The normalized spacial score (nSPS) is 11.6. The Labute approximate surface area is 57.1 Å². The Bertz CT molecular complexity index is 121. The minimum atomic E-state index is -0.311. The molecule has 0 saturated carbocycles. The van der Waals surface area contributed by atoms with Crippen molar-refractivity contribution in [2.24, 2.45) is 0 Å². The van der Waals surface area contributed by atoms with Crippen LogP contribution in [0, 0.1) is 11.3 Å². The Hall–Kier alpha value is -0.550. The van der Waals surface area contributed by atoms with Gasteiger partial charge in [-0.25, -0.2) is 0 Å². The molecule has 0 aromatic carbocycles. The highest BCUT2D eigenvalue weighted by atomic mass is 15.1. The lowest BCUT2D eigenvalue weighted by molar-refractivity contribution is 0.223. The summed E-state index contributed by atoms with van der Waals surface area (Å²) in [6, 6.07) is 2.22.